The van der Waals surface area contributed by atoms with Gasteiger partial charge in [0.15, 0.2) is 10.4 Å². The second kappa shape index (κ2) is 5.63. The maximum absolute atomic E-state index is 5.59. The molecular formula is C13H19N3OS. The van der Waals surface area contributed by atoms with Gasteiger partial charge in [-0.25, -0.2) is 4.98 Å². The van der Waals surface area contributed by atoms with E-state index in [0.29, 0.717) is 17.3 Å². The first-order valence-corrected chi connectivity index (χ1v) is 6.61. The van der Waals surface area contributed by atoms with Crippen molar-refractivity contribution in [3.05, 3.63) is 22.6 Å². The molecule has 0 spiro atoms. The Bertz CT molecular complexity index is 585. The minimum atomic E-state index is 0.557. The Morgan fingerprint density at radius 2 is 2.28 bits per heavy atom. The highest BCUT2D eigenvalue weighted by atomic mass is 32.1. The molecule has 0 bridgehead atoms. The summed E-state index contributed by atoms with van der Waals surface area (Å²) in [5.41, 5.74) is 3.02. The van der Waals surface area contributed by atoms with Crippen molar-refractivity contribution in [2.45, 2.75) is 27.3 Å². The molecule has 0 aliphatic carbocycles. The quantitative estimate of drug-likeness (QED) is 0.667. The van der Waals surface area contributed by atoms with E-state index in [1.54, 1.807) is 0 Å². The van der Waals surface area contributed by atoms with Crippen LogP contribution in [0.25, 0.3) is 11.2 Å². The molecule has 2 aromatic rings. The van der Waals surface area contributed by atoms with Crippen LogP contribution >= 0.6 is 12.2 Å². The third-order valence-corrected chi connectivity index (χ3v) is 2.98. The van der Waals surface area contributed by atoms with Gasteiger partial charge >= 0.3 is 0 Å². The van der Waals surface area contributed by atoms with Gasteiger partial charge in [-0.15, -0.1) is 0 Å². The van der Waals surface area contributed by atoms with Crippen molar-refractivity contribution < 1.29 is 4.74 Å². The molecule has 0 unspecified atom stereocenters. The Labute approximate surface area is 112 Å². The smallest absolute Gasteiger partial charge is 0.179 e. The maximum Gasteiger partial charge on any atom is 0.179 e. The highest BCUT2D eigenvalue weighted by Crippen LogP contribution is 2.12. The van der Waals surface area contributed by atoms with Crippen LogP contribution in [0.1, 0.15) is 19.4 Å². The maximum atomic E-state index is 5.59. The summed E-state index contributed by atoms with van der Waals surface area (Å²) in [5.74, 6) is 0.557. The number of nitrogens with zero attached hydrogens (tertiary/aromatic N) is 2. The van der Waals surface area contributed by atoms with Gasteiger partial charge in [0, 0.05) is 12.8 Å². The van der Waals surface area contributed by atoms with Gasteiger partial charge in [-0.1, -0.05) is 13.8 Å². The Morgan fingerprint density at radius 1 is 1.50 bits per heavy atom. The molecule has 0 radical (unpaired) electrons. The minimum absolute atomic E-state index is 0.557. The molecule has 18 heavy (non-hydrogen) atoms. The second-order valence-corrected chi connectivity index (χ2v) is 5.32. The van der Waals surface area contributed by atoms with E-state index in [-0.39, 0.29) is 0 Å². The molecule has 0 saturated heterocycles. The number of hydrogen-bond donors (Lipinski definition) is 1. The molecule has 4 nitrogen and oxygen atoms in total. The molecule has 0 amide bonds. The highest BCUT2D eigenvalue weighted by Gasteiger charge is 2.05. The molecule has 0 fully saturated rings. The zero-order chi connectivity index (χ0) is 13.1. The first-order valence-electron chi connectivity index (χ1n) is 6.21. The van der Waals surface area contributed by atoms with Gasteiger partial charge in [0.1, 0.15) is 0 Å². The molecule has 2 aromatic heterocycles. The van der Waals surface area contributed by atoms with E-state index >= 15 is 0 Å². The number of pyridine rings is 1. The first kappa shape index (κ1) is 13.2. The number of nitrogens with one attached hydrogen (secondary N) is 1. The zero-order valence-corrected chi connectivity index (χ0v) is 11.9. The van der Waals surface area contributed by atoms with E-state index in [2.05, 4.69) is 29.9 Å². The third-order valence-electron chi connectivity index (χ3n) is 2.66. The first-order chi connectivity index (χ1) is 8.58. The predicted molar refractivity (Wildman–Crippen MR) is 75.3 cm³/mol. The van der Waals surface area contributed by atoms with Gasteiger partial charge < -0.3 is 9.72 Å². The number of fused-ring (bicyclic) bond motifs is 1. The monoisotopic (exact) mass is 265 g/mol. The van der Waals surface area contributed by atoms with Crippen molar-refractivity contribution in [3.63, 3.8) is 0 Å². The summed E-state index contributed by atoms with van der Waals surface area (Å²) in [6, 6.07) is 2.06. The van der Waals surface area contributed by atoms with Gasteiger partial charge in [-0.3, -0.25) is 4.57 Å². The number of H-pyrrole nitrogens is 1. The SMILES string of the molecule is Cc1cnc2c(c1)[nH]c(=S)n2CCOCC(C)C. The van der Waals surface area contributed by atoms with Crippen molar-refractivity contribution in [1.82, 2.24) is 14.5 Å². The van der Waals surface area contributed by atoms with E-state index in [0.717, 1.165) is 29.9 Å². The van der Waals surface area contributed by atoms with Crippen LogP contribution in [0.2, 0.25) is 0 Å². The lowest BCUT2D eigenvalue weighted by atomic mass is 10.2. The number of aromatic nitrogens is 3. The van der Waals surface area contributed by atoms with Crippen molar-refractivity contribution >= 4 is 23.4 Å². The number of imidazole rings is 1. The molecule has 0 atom stereocenters. The average Bonchev–Trinajstić information content (AvgIpc) is 2.59. The normalized spacial score (nSPS) is 11.6. The fraction of sp³-hybridized carbons (Fsp3) is 0.538. The number of aryl methyl sites for hydroxylation is 1. The fourth-order valence-electron chi connectivity index (χ4n) is 1.83. The van der Waals surface area contributed by atoms with Gasteiger partial charge in [-0.05, 0) is 36.7 Å². The van der Waals surface area contributed by atoms with Crippen LogP contribution in [0, 0.1) is 17.6 Å². The standard InChI is InChI=1S/C13H19N3OS/c1-9(2)8-17-5-4-16-12-11(15-13(16)18)6-10(3)7-14-12/h6-7,9H,4-5,8H2,1-3H3,(H,15,18). The highest BCUT2D eigenvalue weighted by molar-refractivity contribution is 7.71. The van der Waals surface area contributed by atoms with Crippen LogP contribution in [0.4, 0.5) is 0 Å². The molecule has 5 heteroatoms. The number of ether oxygens (including phenoxy) is 1. The summed E-state index contributed by atoms with van der Waals surface area (Å²) in [6.45, 7) is 8.48. The number of aromatic amines is 1. The molecule has 1 N–H and O–H groups in total. The largest absolute Gasteiger partial charge is 0.379 e. The lowest BCUT2D eigenvalue weighted by Gasteiger charge is -2.07. The summed E-state index contributed by atoms with van der Waals surface area (Å²) in [4.78, 5) is 7.60. The molecule has 0 aromatic carbocycles. The zero-order valence-electron chi connectivity index (χ0n) is 11.1. The predicted octanol–water partition coefficient (Wildman–Crippen LogP) is 3.07. The van der Waals surface area contributed by atoms with Crippen LogP contribution in [0.5, 0.6) is 0 Å². The number of rotatable bonds is 5. The van der Waals surface area contributed by atoms with Gasteiger partial charge in [-0.2, -0.15) is 0 Å². The van der Waals surface area contributed by atoms with Crippen LogP contribution < -0.4 is 0 Å². The Morgan fingerprint density at radius 3 is 3.00 bits per heavy atom. The van der Waals surface area contributed by atoms with Gasteiger partial charge in [0.2, 0.25) is 0 Å². The number of hydrogen-bond acceptors (Lipinski definition) is 3. The van der Waals surface area contributed by atoms with Crippen molar-refractivity contribution in [1.29, 1.82) is 0 Å². The van der Waals surface area contributed by atoms with Crippen LogP contribution in [0.3, 0.4) is 0 Å². The molecule has 0 aliphatic heterocycles. The molecule has 2 rings (SSSR count). The Kier molecular flexibility index (Phi) is 4.14. The molecule has 0 saturated carbocycles. The Hall–Kier alpha value is -1.20. The molecule has 0 aliphatic rings. The fourth-order valence-corrected chi connectivity index (χ4v) is 2.12. The van der Waals surface area contributed by atoms with E-state index in [9.17, 15) is 0 Å². The summed E-state index contributed by atoms with van der Waals surface area (Å²) in [7, 11) is 0. The van der Waals surface area contributed by atoms with Crippen molar-refractivity contribution in [3.8, 4) is 0 Å². The molecular weight excluding hydrogens is 246 g/mol. The van der Waals surface area contributed by atoms with E-state index < -0.39 is 0 Å². The van der Waals surface area contributed by atoms with Crippen molar-refractivity contribution in [2.75, 3.05) is 13.2 Å². The third kappa shape index (κ3) is 2.97. The van der Waals surface area contributed by atoms with E-state index in [1.165, 1.54) is 0 Å². The van der Waals surface area contributed by atoms with Crippen LogP contribution in [0.15, 0.2) is 12.3 Å². The van der Waals surface area contributed by atoms with Crippen molar-refractivity contribution in [2.24, 2.45) is 5.92 Å². The van der Waals surface area contributed by atoms with E-state index in [1.807, 2.05) is 17.7 Å². The van der Waals surface area contributed by atoms with Crippen LogP contribution in [-0.2, 0) is 11.3 Å². The van der Waals surface area contributed by atoms with Gasteiger partial charge in [0.05, 0.1) is 18.7 Å². The van der Waals surface area contributed by atoms with Gasteiger partial charge in [0.25, 0.3) is 0 Å². The summed E-state index contributed by atoms with van der Waals surface area (Å²) < 4.78 is 8.28. The van der Waals surface area contributed by atoms with Crippen LogP contribution in [-0.4, -0.2) is 27.7 Å². The lowest BCUT2D eigenvalue weighted by molar-refractivity contribution is 0.103. The molecule has 2 heterocycles. The average molecular weight is 265 g/mol. The molecule has 98 valence electrons. The summed E-state index contributed by atoms with van der Waals surface area (Å²) >= 11 is 5.31. The summed E-state index contributed by atoms with van der Waals surface area (Å²) in [6.07, 6.45) is 1.86. The lowest BCUT2D eigenvalue weighted by Crippen LogP contribution is -2.09. The van der Waals surface area contributed by atoms with E-state index in [4.69, 9.17) is 17.0 Å². The minimum Gasteiger partial charge on any atom is -0.379 e. The summed E-state index contributed by atoms with van der Waals surface area (Å²) in [5, 5.41) is 0. The Balaban J connectivity index is 2.13. The topological polar surface area (TPSA) is 42.8 Å². The second-order valence-electron chi connectivity index (χ2n) is 4.93.